The van der Waals surface area contributed by atoms with Crippen LogP contribution >= 0.6 is 0 Å². The number of nitrogens with zero attached hydrogens (tertiary/aromatic N) is 2. The van der Waals surface area contributed by atoms with Gasteiger partial charge in [0.25, 0.3) is 10.0 Å². The minimum Gasteiger partial charge on any atom is -0.480 e. The summed E-state index contributed by atoms with van der Waals surface area (Å²) in [5.41, 5.74) is 1.29. The van der Waals surface area contributed by atoms with E-state index in [2.05, 4.69) is 9.71 Å². The van der Waals surface area contributed by atoms with Crippen LogP contribution in [-0.4, -0.2) is 29.0 Å². The highest BCUT2D eigenvalue weighted by atomic mass is 32.2. The number of carboxylic acids is 1. The van der Waals surface area contributed by atoms with Gasteiger partial charge in [-0.15, -0.1) is 0 Å². The molecule has 2 aromatic carbocycles. The summed E-state index contributed by atoms with van der Waals surface area (Å²) in [4.78, 5) is 15.5. The number of fused-ring (bicyclic) bond motifs is 1. The van der Waals surface area contributed by atoms with Gasteiger partial charge in [0.2, 0.25) is 0 Å². The summed E-state index contributed by atoms with van der Waals surface area (Å²) in [7, 11) is -3.89. The number of allylic oxidation sites excluding steroid dienone is 1. The van der Waals surface area contributed by atoms with Gasteiger partial charge in [-0.05, 0) is 55.0 Å². The third-order valence-corrected chi connectivity index (χ3v) is 5.35. The van der Waals surface area contributed by atoms with Crippen LogP contribution in [0, 0.1) is 5.82 Å². The highest BCUT2D eigenvalue weighted by molar-refractivity contribution is 7.92. The molecule has 0 unspecified atom stereocenters. The second-order valence-electron chi connectivity index (χ2n) is 6.02. The van der Waals surface area contributed by atoms with Crippen LogP contribution < -0.4 is 4.72 Å². The molecule has 0 saturated carbocycles. The Kier molecular flexibility index (Phi) is 5.46. The normalized spacial score (nSPS) is 11.9. The lowest BCUT2D eigenvalue weighted by molar-refractivity contribution is -0.137. The lowest BCUT2D eigenvalue weighted by atomic mass is 10.3. The lowest BCUT2D eigenvalue weighted by Gasteiger charge is -2.08. The molecule has 0 bridgehead atoms. The van der Waals surface area contributed by atoms with Crippen molar-refractivity contribution in [1.29, 1.82) is 0 Å². The number of carboxylic acid groups (broad SMARTS) is 1. The van der Waals surface area contributed by atoms with Gasteiger partial charge in [-0.25, -0.2) is 17.8 Å². The van der Waals surface area contributed by atoms with Crippen LogP contribution in [0.3, 0.4) is 0 Å². The molecule has 0 aliphatic rings. The molecule has 1 aromatic heterocycles. The number of carbonyl (C=O) groups is 1. The summed E-state index contributed by atoms with van der Waals surface area (Å²) >= 11 is 0. The van der Waals surface area contributed by atoms with Crippen LogP contribution in [0.15, 0.2) is 53.4 Å². The maximum absolute atomic E-state index is 13.0. The second-order valence-corrected chi connectivity index (χ2v) is 7.71. The van der Waals surface area contributed by atoms with E-state index in [1.807, 2.05) is 13.0 Å². The smallest absolute Gasteiger partial charge is 0.323 e. The molecule has 0 radical (unpaired) electrons. The van der Waals surface area contributed by atoms with Crippen LogP contribution in [-0.2, 0) is 21.4 Å². The zero-order chi connectivity index (χ0) is 20.3. The summed E-state index contributed by atoms with van der Waals surface area (Å²) in [5.74, 6) is -1.07. The van der Waals surface area contributed by atoms with E-state index in [0.29, 0.717) is 16.9 Å². The summed E-state index contributed by atoms with van der Waals surface area (Å²) in [6, 6.07) is 9.14. The minimum atomic E-state index is -3.89. The van der Waals surface area contributed by atoms with Crippen molar-refractivity contribution >= 4 is 38.8 Å². The van der Waals surface area contributed by atoms with E-state index < -0.39 is 21.8 Å². The Bertz CT molecular complexity index is 1150. The van der Waals surface area contributed by atoms with Gasteiger partial charge in [-0.3, -0.25) is 9.52 Å². The van der Waals surface area contributed by atoms with Gasteiger partial charge in [0.05, 0.1) is 21.6 Å². The molecule has 0 saturated heterocycles. The number of nitrogens with one attached hydrogen (secondary N) is 1. The summed E-state index contributed by atoms with van der Waals surface area (Å²) in [5, 5.41) is 9.16. The van der Waals surface area contributed by atoms with Gasteiger partial charge in [0, 0.05) is 0 Å². The average molecular weight is 403 g/mol. The zero-order valence-corrected chi connectivity index (χ0v) is 15.8. The average Bonchev–Trinajstić information content (AvgIpc) is 2.96. The topological polar surface area (TPSA) is 101 Å². The maximum Gasteiger partial charge on any atom is 0.323 e. The minimum absolute atomic E-state index is 0.0722. The van der Waals surface area contributed by atoms with Crippen LogP contribution in [0.4, 0.5) is 10.1 Å². The lowest BCUT2D eigenvalue weighted by Crippen LogP contribution is -2.13. The van der Waals surface area contributed by atoms with Crippen molar-refractivity contribution in [2.75, 3.05) is 4.72 Å². The zero-order valence-electron chi connectivity index (χ0n) is 15.0. The first-order chi connectivity index (χ1) is 13.3. The molecule has 3 rings (SSSR count). The van der Waals surface area contributed by atoms with Gasteiger partial charge in [0.15, 0.2) is 0 Å². The third kappa shape index (κ3) is 4.20. The Balaban J connectivity index is 1.98. The second kappa shape index (κ2) is 7.81. The Hall–Kier alpha value is -3.20. The number of anilines is 1. The number of benzene rings is 2. The Morgan fingerprint density at radius 3 is 2.61 bits per heavy atom. The Labute approximate surface area is 161 Å². The summed E-state index contributed by atoms with van der Waals surface area (Å²) in [6.45, 7) is 1.68. The van der Waals surface area contributed by atoms with Gasteiger partial charge < -0.3 is 9.67 Å². The molecule has 0 spiro atoms. The SMILES string of the molecule is CC/C=C/c1nc2cc(NS(=O)(=O)c3ccc(F)cc3)ccc2n1CC(=O)O. The number of hydrogen-bond acceptors (Lipinski definition) is 4. The molecule has 2 N–H and O–H groups in total. The van der Waals surface area contributed by atoms with Crippen molar-refractivity contribution in [2.24, 2.45) is 0 Å². The molecule has 7 nitrogen and oxygen atoms in total. The monoisotopic (exact) mass is 403 g/mol. The van der Waals surface area contributed by atoms with E-state index in [9.17, 15) is 17.6 Å². The molecule has 3 aromatic rings. The molecule has 9 heteroatoms. The first-order valence-electron chi connectivity index (χ1n) is 8.47. The quantitative estimate of drug-likeness (QED) is 0.629. The van der Waals surface area contributed by atoms with Crippen molar-refractivity contribution in [3.05, 3.63) is 60.2 Å². The number of rotatable bonds is 7. The van der Waals surface area contributed by atoms with Crippen LogP contribution in [0.25, 0.3) is 17.1 Å². The largest absolute Gasteiger partial charge is 0.480 e. The fourth-order valence-corrected chi connectivity index (χ4v) is 3.74. The van der Waals surface area contributed by atoms with Gasteiger partial charge in [-0.1, -0.05) is 13.0 Å². The molecule has 0 fully saturated rings. The van der Waals surface area contributed by atoms with E-state index in [-0.39, 0.29) is 17.1 Å². The fraction of sp³-hybridized carbons (Fsp3) is 0.158. The number of aliphatic carboxylic acids is 1. The predicted octanol–water partition coefficient (Wildman–Crippen LogP) is 3.48. The van der Waals surface area contributed by atoms with Crippen molar-refractivity contribution < 1.29 is 22.7 Å². The van der Waals surface area contributed by atoms with Crippen molar-refractivity contribution in [3.8, 4) is 0 Å². The molecular formula is C19H18FN3O4S. The van der Waals surface area contributed by atoms with Crippen LogP contribution in [0.1, 0.15) is 19.2 Å². The van der Waals surface area contributed by atoms with Crippen molar-refractivity contribution in [2.45, 2.75) is 24.8 Å². The predicted molar refractivity (Wildman–Crippen MR) is 104 cm³/mol. The van der Waals surface area contributed by atoms with Crippen molar-refractivity contribution in [3.63, 3.8) is 0 Å². The first-order valence-corrected chi connectivity index (χ1v) is 9.95. The summed E-state index contributed by atoms with van der Waals surface area (Å²) in [6.07, 6.45) is 4.35. The van der Waals surface area contributed by atoms with E-state index in [1.165, 1.54) is 24.3 Å². The molecule has 0 aliphatic heterocycles. The Morgan fingerprint density at radius 1 is 1.25 bits per heavy atom. The summed E-state index contributed by atoms with van der Waals surface area (Å²) < 4.78 is 41.9. The molecule has 0 atom stereocenters. The molecule has 0 amide bonds. The number of aromatic nitrogens is 2. The van der Waals surface area contributed by atoms with Crippen LogP contribution in [0.5, 0.6) is 0 Å². The van der Waals surface area contributed by atoms with Gasteiger partial charge in [0.1, 0.15) is 18.2 Å². The molecule has 1 heterocycles. The van der Waals surface area contributed by atoms with E-state index in [1.54, 1.807) is 16.7 Å². The standard InChI is InChI=1S/C19H18FN3O4S/c1-2-3-4-18-21-16-11-14(7-10-17(16)23(18)12-19(24)25)22-28(26,27)15-8-5-13(20)6-9-15/h3-11,22H,2,12H2,1H3,(H,24,25)/b4-3+. The number of halogens is 1. The highest BCUT2D eigenvalue weighted by Gasteiger charge is 2.16. The van der Waals surface area contributed by atoms with E-state index >= 15 is 0 Å². The fourth-order valence-electron chi connectivity index (χ4n) is 2.69. The highest BCUT2D eigenvalue weighted by Crippen LogP contribution is 2.24. The number of sulfonamides is 1. The number of imidazole rings is 1. The Morgan fingerprint density at radius 2 is 1.96 bits per heavy atom. The molecule has 28 heavy (non-hydrogen) atoms. The van der Waals surface area contributed by atoms with E-state index in [4.69, 9.17) is 5.11 Å². The van der Waals surface area contributed by atoms with Crippen molar-refractivity contribution in [1.82, 2.24) is 9.55 Å². The molecular weight excluding hydrogens is 385 g/mol. The third-order valence-electron chi connectivity index (χ3n) is 3.95. The van der Waals surface area contributed by atoms with Gasteiger partial charge in [-0.2, -0.15) is 0 Å². The molecule has 146 valence electrons. The van der Waals surface area contributed by atoms with Gasteiger partial charge >= 0.3 is 5.97 Å². The maximum atomic E-state index is 13.0. The number of hydrogen-bond donors (Lipinski definition) is 2. The first kappa shape index (κ1) is 19.6. The van der Waals surface area contributed by atoms with Crippen LogP contribution in [0.2, 0.25) is 0 Å². The van der Waals surface area contributed by atoms with E-state index in [0.717, 1.165) is 18.6 Å². The molecule has 0 aliphatic carbocycles.